The molecule has 0 aliphatic carbocycles. The summed E-state index contributed by atoms with van der Waals surface area (Å²) >= 11 is 0. The molecule has 3 rings (SSSR count). The molecule has 0 heterocycles. The molecule has 0 amide bonds. The molecule has 0 bridgehead atoms. The molecule has 122 valence electrons. The van der Waals surface area contributed by atoms with E-state index in [1.165, 1.54) is 27.3 Å². The highest BCUT2D eigenvalue weighted by Crippen LogP contribution is 2.38. The third-order valence-corrected chi connectivity index (χ3v) is 6.92. The maximum atomic E-state index is 10.3. The zero-order valence-corrected chi connectivity index (χ0v) is 15.6. The van der Waals surface area contributed by atoms with Crippen LogP contribution in [-0.4, -0.2) is 11.8 Å². The van der Waals surface area contributed by atoms with Gasteiger partial charge in [-0.1, -0.05) is 60.2 Å². The van der Waals surface area contributed by atoms with E-state index in [-0.39, 0.29) is 0 Å². The van der Waals surface area contributed by atoms with Gasteiger partial charge in [0, 0.05) is 5.56 Å². The third-order valence-electron chi connectivity index (χ3n) is 4.43. The summed E-state index contributed by atoms with van der Waals surface area (Å²) in [5.41, 5.74) is 6.06. The van der Waals surface area contributed by atoms with Gasteiger partial charge in [0.25, 0.3) is 0 Å². The molecular formula is C22H23OP. The Kier molecular flexibility index (Phi) is 4.73. The van der Waals surface area contributed by atoms with Crippen LogP contribution in [0.25, 0.3) is 11.1 Å². The van der Waals surface area contributed by atoms with E-state index in [2.05, 4.69) is 57.8 Å². The fourth-order valence-corrected chi connectivity index (χ4v) is 5.81. The first-order chi connectivity index (χ1) is 11.5. The number of rotatable bonds is 3. The van der Waals surface area contributed by atoms with E-state index in [1.54, 1.807) is 6.07 Å². The quantitative estimate of drug-likeness (QED) is 0.665. The number of aryl methyl sites for hydroxylation is 3. The second-order valence-electron chi connectivity index (χ2n) is 6.34. The summed E-state index contributed by atoms with van der Waals surface area (Å²) in [6, 6.07) is 20.6. The van der Waals surface area contributed by atoms with Crippen LogP contribution in [0.5, 0.6) is 5.75 Å². The zero-order valence-electron chi connectivity index (χ0n) is 14.7. The zero-order chi connectivity index (χ0) is 17.3. The van der Waals surface area contributed by atoms with Crippen molar-refractivity contribution in [2.45, 2.75) is 20.8 Å². The van der Waals surface area contributed by atoms with Crippen molar-refractivity contribution in [3.8, 4) is 16.9 Å². The lowest BCUT2D eigenvalue weighted by Gasteiger charge is -2.22. The lowest BCUT2D eigenvalue weighted by molar-refractivity contribution is 0.477. The lowest BCUT2D eigenvalue weighted by atomic mass is 10.0. The first-order valence-corrected chi connectivity index (χ1v) is 9.97. The van der Waals surface area contributed by atoms with E-state index in [4.69, 9.17) is 0 Å². The lowest BCUT2D eigenvalue weighted by Crippen LogP contribution is -2.18. The summed E-state index contributed by atoms with van der Waals surface area (Å²) in [4.78, 5) is 0. The molecule has 1 atom stereocenters. The van der Waals surface area contributed by atoms with E-state index < -0.39 is 7.92 Å². The maximum absolute atomic E-state index is 10.3. The highest BCUT2D eigenvalue weighted by atomic mass is 31.1. The molecule has 1 unspecified atom stereocenters. The summed E-state index contributed by atoms with van der Waals surface area (Å²) in [5, 5.41) is 13.0. The van der Waals surface area contributed by atoms with Gasteiger partial charge in [-0.15, -0.1) is 0 Å². The van der Waals surface area contributed by atoms with Crippen molar-refractivity contribution in [1.82, 2.24) is 0 Å². The van der Waals surface area contributed by atoms with Gasteiger partial charge in [-0.25, -0.2) is 0 Å². The van der Waals surface area contributed by atoms with Gasteiger partial charge in [0.15, 0.2) is 0 Å². The highest BCUT2D eigenvalue weighted by Gasteiger charge is 2.18. The van der Waals surface area contributed by atoms with Gasteiger partial charge in [-0.3, -0.25) is 0 Å². The average Bonchev–Trinajstić information content (AvgIpc) is 2.54. The molecule has 3 aromatic rings. The van der Waals surface area contributed by atoms with Crippen molar-refractivity contribution in [2.75, 3.05) is 6.66 Å². The Bertz CT molecular complexity index is 860. The summed E-state index contributed by atoms with van der Waals surface area (Å²) in [6.07, 6.45) is 0. The van der Waals surface area contributed by atoms with Gasteiger partial charge >= 0.3 is 0 Å². The SMILES string of the molecule is Cc1cc(C)c(P(C)c2ccccc2-c2ccccc2O)c(C)c1. The molecule has 1 nitrogen and oxygen atoms in total. The van der Waals surface area contributed by atoms with Crippen molar-refractivity contribution in [3.05, 3.63) is 77.4 Å². The van der Waals surface area contributed by atoms with E-state index in [0.717, 1.165) is 11.1 Å². The van der Waals surface area contributed by atoms with Gasteiger partial charge in [-0.05, 0) is 68.7 Å². The number of aromatic hydroxyl groups is 1. The van der Waals surface area contributed by atoms with Gasteiger partial charge < -0.3 is 5.11 Å². The predicted molar refractivity (Wildman–Crippen MR) is 106 cm³/mol. The molecule has 0 aliphatic rings. The van der Waals surface area contributed by atoms with Crippen molar-refractivity contribution >= 4 is 18.5 Å². The largest absolute Gasteiger partial charge is 0.507 e. The number of hydrogen-bond acceptors (Lipinski definition) is 1. The molecule has 2 heteroatoms. The average molecular weight is 334 g/mol. The van der Waals surface area contributed by atoms with Gasteiger partial charge in [0.2, 0.25) is 0 Å². The van der Waals surface area contributed by atoms with E-state index in [9.17, 15) is 5.11 Å². The first kappa shape index (κ1) is 16.7. The van der Waals surface area contributed by atoms with Crippen LogP contribution in [0.3, 0.4) is 0 Å². The van der Waals surface area contributed by atoms with Crippen molar-refractivity contribution in [3.63, 3.8) is 0 Å². The van der Waals surface area contributed by atoms with Crippen LogP contribution in [0.1, 0.15) is 16.7 Å². The second kappa shape index (κ2) is 6.79. The predicted octanol–water partition coefficient (Wildman–Crippen LogP) is 5.05. The van der Waals surface area contributed by atoms with Crippen LogP contribution >= 0.6 is 7.92 Å². The smallest absolute Gasteiger partial charge is 0.123 e. The minimum Gasteiger partial charge on any atom is -0.507 e. The molecule has 0 radical (unpaired) electrons. The summed E-state index contributed by atoms with van der Waals surface area (Å²) in [7, 11) is -0.493. The van der Waals surface area contributed by atoms with Crippen LogP contribution in [0.4, 0.5) is 0 Å². The maximum Gasteiger partial charge on any atom is 0.123 e. The number of hydrogen-bond donors (Lipinski definition) is 1. The van der Waals surface area contributed by atoms with Crippen molar-refractivity contribution in [1.29, 1.82) is 0 Å². The molecular weight excluding hydrogens is 311 g/mol. The first-order valence-electron chi connectivity index (χ1n) is 8.18. The summed E-state index contributed by atoms with van der Waals surface area (Å²) in [6.45, 7) is 8.88. The van der Waals surface area contributed by atoms with E-state index in [1.807, 2.05) is 24.3 Å². The Morgan fingerprint density at radius 1 is 0.750 bits per heavy atom. The molecule has 0 aliphatic heterocycles. The highest BCUT2D eigenvalue weighted by molar-refractivity contribution is 7.72. The number of benzene rings is 3. The Balaban J connectivity index is 2.17. The van der Waals surface area contributed by atoms with Crippen LogP contribution in [-0.2, 0) is 0 Å². The summed E-state index contributed by atoms with van der Waals surface area (Å²) in [5.74, 6) is 0.339. The number of phenolic OH excluding ortho intramolecular Hbond substituents is 1. The fourth-order valence-electron chi connectivity index (χ4n) is 3.52. The van der Waals surface area contributed by atoms with Gasteiger partial charge in [-0.2, -0.15) is 0 Å². The molecule has 0 saturated carbocycles. The van der Waals surface area contributed by atoms with Crippen molar-refractivity contribution < 1.29 is 5.11 Å². The molecule has 24 heavy (non-hydrogen) atoms. The molecule has 0 fully saturated rings. The Hall–Kier alpha value is -2.11. The monoisotopic (exact) mass is 334 g/mol. The minimum atomic E-state index is -0.493. The van der Waals surface area contributed by atoms with Crippen molar-refractivity contribution in [2.24, 2.45) is 0 Å². The second-order valence-corrected chi connectivity index (χ2v) is 8.39. The Morgan fingerprint density at radius 2 is 1.29 bits per heavy atom. The van der Waals surface area contributed by atoms with Crippen LogP contribution in [0.15, 0.2) is 60.7 Å². The van der Waals surface area contributed by atoms with Crippen LogP contribution < -0.4 is 10.6 Å². The minimum absolute atomic E-state index is 0.339. The van der Waals surface area contributed by atoms with Crippen LogP contribution in [0, 0.1) is 20.8 Å². The molecule has 0 aromatic heterocycles. The van der Waals surface area contributed by atoms with Crippen LogP contribution in [0.2, 0.25) is 0 Å². The standard InChI is InChI=1S/C22H23OP/c1-15-13-16(2)22(17(3)14-15)24(4)21-12-8-6-10-19(21)18-9-5-7-11-20(18)23/h5-14,23H,1-4H3. The Labute approximate surface area is 145 Å². The normalized spacial score (nSPS) is 12.2. The molecule has 0 saturated heterocycles. The number of para-hydroxylation sites is 1. The Morgan fingerprint density at radius 3 is 1.92 bits per heavy atom. The molecule has 1 N–H and O–H groups in total. The fraction of sp³-hybridized carbons (Fsp3) is 0.182. The molecule has 0 spiro atoms. The van der Waals surface area contributed by atoms with Gasteiger partial charge in [0.05, 0.1) is 0 Å². The number of phenols is 1. The molecule has 3 aromatic carbocycles. The van der Waals surface area contributed by atoms with Gasteiger partial charge in [0.1, 0.15) is 5.75 Å². The van der Waals surface area contributed by atoms with E-state index >= 15 is 0 Å². The van der Waals surface area contributed by atoms with E-state index in [0.29, 0.717) is 5.75 Å². The third kappa shape index (κ3) is 3.09. The topological polar surface area (TPSA) is 20.2 Å². The summed E-state index contributed by atoms with van der Waals surface area (Å²) < 4.78 is 0.